The maximum atomic E-state index is 12.4. The van der Waals surface area contributed by atoms with Crippen LogP contribution in [0.3, 0.4) is 0 Å². The first-order valence-corrected chi connectivity index (χ1v) is 11.5. The average Bonchev–Trinajstić information content (AvgIpc) is 3.19. The SMILES string of the molecule is CCNC(=NCc1ccc2ccccc2c1)NCC1CC(=O)N(CCc2ccccc2)C1. The molecule has 32 heavy (non-hydrogen) atoms. The molecule has 1 saturated heterocycles. The van der Waals surface area contributed by atoms with Crippen molar-refractivity contribution in [2.24, 2.45) is 10.9 Å². The molecule has 1 heterocycles. The Balaban J connectivity index is 1.29. The van der Waals surface area contributed by atoms with E-state index in [1.54, 1.807) is 0 Å². The van der Waals surface area contributed by atoms with Crippen molar-refractivity contribution in [1.29, 1.82) is 0 Å². The summed E-state index contributed by atoms with van der Waals surface area (Å²) in [6, 6.07) is 25.2. The zero-order chi connectivity index (χ0) is 22.2. The minimum Gasteiger partial charge on any atom is -0.357 e. The second kappa shape index (κ2) is 10.8. The molecule has 4 rings (SSSR count). The van der Waals surface area contributed by atoms with Gasteiger partial charge in [0.05, 0.1) is 6.54 Å². The van der Waals surface area contributed by atoms with Gasteiger partial charge in [-0.15, -0.1) is 0 Å². The van der Waals surface area contributed by atoms with E-state index in [-0.39, 0.29) is 5.91 Å². The quantitative estimate of drug-likeness (QED) is 0.421. The van der Waals surface area contributed by atoms with E-state index < -0.39 is 0 Å². The molecular formula is C27H32N4O. The second-order valence-electron chi connectivity index (χ2n) is 8.40. The van der Waals surface area contributed by atoms with E-state index in [1.807, 2.05) is 23.1 Å². The predicted molar refractivity (Wildman–Crippen MR) is 132 cm³/mol. The van der Waals surface area contributed by atoms with Gasteiger partial charge >= 0.3 is 0 Å². The van der Waals surface area contributed by atoms with Crippen LogP contribution in [0.2, 0.25) is 0 Å². The summed E-state index contributed by atoms with van der Waals surface area (Å²) < 4.78 is 0. The molecule has 0 bridgehead atoms. The molecule has 5 heteroatoms. The van der Waals surface area contributed by atoms with Gasteiger partial charge in [-0.2, -0.15) is 0 Å². The highest BCUT2D eigenvalue weighted by atomic mass is 16.2. The summed E-state index contributed by atoms with van der Waals surface area (Å²) in [4.78, 5) is 19.2. The topological polar surface area (TPSA) is 56.7 Å². The normalized spacial score (nSPS) is 16.5. The van der Waals surface area contributed by atoms with Gasteiger partial charge in [-0.05, 0) is 41.3 Å². The summed E-state index contributed by atoms with van der Waals surface area (Å²) in [7, 11) is 0. The van der Waals surface area contributed by atoms with Crippen LogP contribution in [0.4, 0.5) is 0 Å². The first kappa shape index (κ1) is 21.9. The summed E-state index contributed by atoms with van der Waals surface area (Å²) in [5.41, 5.74) is 2.46. The molecule has 1 atom stereocenters. The second-order valence-corrected chi connectivity index (χ2v) is 8.40. The number of aliphatic imine (C=N–C) groups is 1. The molecule has 1 amide bonds. The first-order valence-electron chi connectivity index (χ1n) is 11.5. The largest absolute Gasteiger partial charge is 0.357 e. The standard InChI is InChI=1S/C27H32N4O/c1-2-28-27(29-18-22-12-13-24-10-6-7-11-25(24)16-22)30-19-23-17-26(32)31(20-23)15-14-21-8-4-3-5-9-21/h3-13,16,23H,2,14-15,17-20H2,1H3,(H2,28,29,30). The van der Waals surface area contributed by atoms with Crippen molar-refractivity contribution in [2.45, 2.75) is 26.3 Å². The van der Waals surface area contributed by atoms with E-state index in [9.17, 15) is 4.79 Å². The summed E-state index contributed by atoms with van der Waals surface area (Å²) in [6.07, 6.45) is 1.51. The van der Waals surface area contributed by atoms with Crippen LogP contribution in [0, 0.1) is 5.92 Å². The Morgan fingerprint density at radius 2 is 1.75 bits per heavy atom. The smallest absolute Gasteiger partial charge is 0.223 e. The Morgan fingerprint density at radius 3 is 2.56 bits per heavy atom. The number of hydrogen-bond donors (Lipinski definition) is 2. The average molecular weight is 429 g/mol. The molecule has 0 aliphatic carbocycles. The van der Waals surface area contributed by atoms with Crippen LogP contribution in [0.1, 0.15) is 24.5 Å². The third kappa shape index (κ3) is 5.88. The lowest BCUT2D eigenvalue weighted by Crippen LogP contribution is -2.40. The van der Waals surface area contributed by atoms with Gasteiger partial charge in [0, 0.05) is 38.5 Å². The van der Waals surface area contributed by atoms with E-state index in [2.05, 4.69) is 72.2 Å². The van der Waals surface area contributed by atoms with Crippen LogP contribution in [0.15, 0.2) is 77.8 Å². The summed E-state index contributed by atoms with van der Waals surface area (Å²) in [5, 5.41) is 9.25. The molecule has 0 spiro atoms. The molecule has 0 aromatic heterocycles. The molecule has 166 valence electrons. The van der Waals surface area contributed by atoms with E-state index in [0.29, 0.717) is 18.9 Å². The lowest BCUT2D eigenvalue weighted by atomic mass is 10.1. The van der Waals surface area contributed by atoms with Crippen LogP contribution in [0.5, 0.6) is 0 Å². The molecule has 5 nitrogen and oxygen atoms in total. The Morgan fingerprint density at radius 1 is 0.969 bits per heavy atom. The number of amides is 1. The fourth-order valence-corrected chi connectivity index (χ4v) is 4.21. The van der Waals surface area contributed by atoms with E-state index >= 15 is 0 Å². The third-order valence-electron chi connectivity index (χ3n) is 5.94. The van der Waals surface area contributed by atoms with Crippen molar-refractivity contribution in [3.63, 3.8) is 0 Å². The maximum absolute atomic E-state index is 12.4. The monoisotopic (exact) mass is 428 g/mol. The van der Waals surface area contributed by atoms with Crippen LogP contribution >= 0.6 is 0 Å². The van der Waals surface area contributed by atoms with Gasteiger partial charge in [-0.3, -0.25) is 4.79 Å². The minimum atomic E-state index is 0.255. The first-order chi connectivity index (χ1) is 15.7. The minimum absolute atomic E-state index is 0.255. The number of carbonyl (C=O) groups is 1. The van der Waals surface area contributed by atoms with E-state index in [4.69, 9.17) is 4.99 Å². The lowest BCUT2D eigenvalue weighted by molar-refractivity contribution is -0.127. The molecule has 0 radical (unpaired) electrons. The maximum Gasteiger partial charge on any atom is 0.223 e. The fourth-order valence-electron chi connectivity index (χ4n) is 4.21. The molecule has 1 unspecified atom stereocenters. The van der Waals surface area contributed by atoms with Crippen LogP contribution in [-0.2, 0) is 17.8 Å². The molecule has 2 N–H and O–H groups in total. The third-order valence-corrected chi connectivity index (χ3v) is 5.94. The Bertz CT molecular complexity index is 1060. The van der Waals surface area contributed by atoms with Crippen LogP contribution < -0.4 is 10.6 Å². The summed E-state index contributed by atoms with van der Waals surface area (Å²) in [5.74, 6) is 1.37. The predicted octanol–water partition coefficient (Wildman–Crippen LogP) is 3.99. The van der Waals surface area contributed by atoms with Crippen molar-refractivity contribution in [2.75, 3.05) is 26.2 Å². The zero-order valence-corrected chi connectivity index (χ0v) is 18.8. The number of guanidine groups is 1. The van der Waals surface area contributed by atoms with Crippen molar-refractivity contribution in [1.82, 2.24) is 15.5 Å². The number of nitrogens with one attached hydrogen (secondary N) is 2. The number of fused-ring (bicyclic) bond motifs is 1. The Kier molecular flexibility index (Phi) is 7.38. The van der Waals surface area contributed by atoms with Gasteiger partial charge in [0.25, 0.3) is 0 Å². The highest BCUT2D eigenvalue weighted by Crippen LogP contribution is 2.18. The van der Waals surface area contributed by atoms with E-state index in [0.717, 1.165) is 38.6 Å². The van der Waals surface area contributed by atoms with Crippen molar-refractivity contribution < 1.29 is 4.79 Å². The van der Waals surface area contributed by atoms with Crippen molar-refractivity contribution >= 4 is 22.6 Å². The highest BCUT2D eigenvalue weighted by molar-refractivity contribution is 5.83. The number of nitrogens with zero attached hydrogens (tertiary/aromatic N) is 2. The van der Waals surface area contributed by atoms with Gasteiger partial charge in [-0.25, -0.2) is 4.99 Å². The molecule has 3 aromatic rings. The lowest BCUT2D eigenvalue weighted by Gasteiger charge is -2.18. The summed E-state index contributed by atoms with van der Waals surface area (Å²) >= 11 is 0. The molecule has 3 aromatic carbocycles. The molecular weight excluding hydrogens is 396 g/mol. The highest BCUT2D eigenvalue weighted by Gasteiger charge is 2.29. The zero-order valence-electron chi connectivity index (χ0n) is 18.8. The number of likely N-dealkylation sites (tertiary alicyclic amines) is 1. The van der Waals surface area contributed by atoms with Gasteiger partial charge in [0.15, 0.2) is 5.96 Å². The van der Waals surface area contributed by atoms with Gasteiger partial charge in [0.2, 0.25) is 5.91 Å². The molecule has 0 saturated carbocycles. The molecule has 1 aliphatic heterocycles. The van der Waals surface area contributed by atoms with Crippen LogP contribution in [-0.4, -0.2) is 42.9 Å². The van der Waals surface area contributed by atoms with Gasteiger partial charge in [-0.1, -0.05) is 66.7 Å². The van der Waals surface area contributed by atoms with Crippen LogP contribution in [0.25, 0.3) is 10.8 Å². The Hall–Kier alpha value is -3.34. The van der Waals surface area contributed by atoms with Crippen molar-refractivity contribution in [3.8, 4) is 0 Å². The number of rotatable bonds is 8. The molecule has 1 fully saturated rings. The van der Waals surface area contributed by atoms with Gasteiger partial charge in [0.1, 0.15) is 0 Å². The number of hydrogen-bond acceptors (Lipinski definition) is 2. The van der Waals surface area contributed by atoms with E-state index in [1.165, 1.54) is 21.9 Å². The molecule has 1 aliphatic rings. The summed E-state index contributed by atoms with van der Waals surface area (Å²) in [6.45, 7) is 5.83. The number of carbonyl (C=O) groups excluding carboxylic acids is 1. The van der Waals surface area contributed by atoms with Gasteiger partial charge < -0.3 is 15.5 Å². The van der Waals surface area contributed by atoms with Crippen molar-refractivity contribution in [3.05, 3.63) is 83.9 Å². The Labute approximate surface area is 190 Å². The number of benzene rings is 3. The fraction of sp³-hybridized carbons (Fsp3) is 0.333.